The lowest BCUT2D eigenvalue weighted by atomic mass is 10.1. The van der Waals surface area contributed by atoms with E-state index < -0.39 is 0 Å². The van der Waals surface area contributed by atoms with E-state index in [0.29, 0.717) is 18.7 Å². The Balaban J connectivity index is 1.74. The Kier molecular flexibility index (Phi) is 6.64. The first-order chi connectivity index (χ1) is 13.2. The van der Waals surface area contributed by atoms with Gasteiger partial charge in [0, 0.05) is 44.4 Å². The summed E-state index contributed by atoms with van der Waals surface area (Å²) in [6.45, 7) is 6.05. The number of piperazine rings is 1. The monoisotopic (exact) mass is 366 g/mol. The van der Waals surface area contributed by atoms with E-state index in [1.54, 1.807) is 6.07 Å². The Hall–Kier alpha value is -2.62. The second kappa shape index (κ2) is 9.36. The number of aromatic nitrogens is 1. The topological polar surface area (TPSA) is 72.6 Å². The quantitative estimate of drug-likeness (QED) is 0.811. The Bertz CT molecular complexity index is 790. The molecule has 1 aromatic carbocycles. The molecule has 1 N–H and O–H groups in total. The van der Waals surface area contributed by atoms with Gasteiger partial charge in [0.15, 0.2) is 0 Å². The third-order valence-electron chi connectivity index (χ3n) is 4.89. The number of rotatable bonds is 7. The van der Waals surface area contributed by atoms with Crippen molar-refractivity contribution < 1.29 is 9.84 Å². The van der Waals surface area contributed by atoms with Crippen LogP contribution in [0, 0.1) is 11.3 Å². The number of aliphatic hydroxyl groups excluding tert-OH is 1. The number of pyridine rings is 1. The second-order valence-electron chi connectivity index (χ2n) is 6.62. The van der Waals surface area contributed by atoms with Gasteiger partial charge >= 0.3 is 0 Å². The minimum atomic E-state index is 0.147. The molecule has 0 saturated carbocycles. The van der Waals surface area contributed by atoms with E-state index in [1.165, 1.54) is 5.56 Å². The van der Waals surface area contributed by atoms with Gasteiger partial charge in [0.25, 0.3) is 0 Å². The average molecular weight is 366 g/mol. The number of aliphatic hydroxyl groups is 1. The van der Waals surface area contributed by atoms with Crippen molar-refractivity contribution in [2.24, 2.45) is 0 Å². The van der Waals surface area contributed by atoms with Crippen molar-refractivity contribution in [2.45, 2.75) is 25.9 Å². The van der Waals surface area contributed by atoms with Crippen molar-refractivity contribution in [3.63, 3.8) is 0 Å². The van der Waals surface area contributed by atoms with Gasteiger partial charge in [0.2, 0.25) is 0 Å². The van der Waals surface area contributed by atoms with Gasteiger partial charge in [-0.05, 0) is 31.5 Å². The Labute approximate surface area is 160 Å². The van der Waals surface area contributed by atoms with Crippen LogP contribution in [0.3, 0.4) is 0 Å². The van der Waals surface area contributed by atoms with E-state index in [9.17, 15) is 5.11 Å². The van der Waals surface area contributed by atoms with Crippen LogP contribution in [0.15, 0.2) is 42.5 Å². The molecular formula is C21H26N4O2. The predicted molar refractivity (Wildman–Crippen MR) is 105 cm³/mol. The fourth-order valence-electron chi connectivity index (χ4n) is 3.54. The van der Waals surface area contributed by atoms with Gasteiger partial charge in [-0.15, -0.1) is 0 Å². The zero-order valence-electron chi connectivity index (χ0n) is 15.7. The maximum absolute atomic E-state index is 9.55. The van der Waals surface area contributed by atoms with Crippen molar-refractivity contribution in [1.29, 1.82) is 5.26 Å². The molecule has 1 aromatic heterocycles. The Morgan fingerprint density at radius 1 is 1.22 bits per heavy atom. The van der Waals surface area contributed by atoms with Gasteiger partial charge in [0.1, 0.15) is 23.3 Å². The maximum atomic E-state index is 9.55. The predicted octanol–water partition coefficient (Wildman–Crippen LogP) is 2.43. The van der Waals surface area contributed by atoms with E-state index in [-0.39, 0.29) is 12.6 Å². The molecule has 2 heterocycles. The van der Waals surface area contributed by atoms with Gasteiger partial charge in [0.05, 0.1) is 6.61 Å². The summed E-state index contributed by atoms with van der Waals surface area (Å²) in [6, 6.07) is 16.0. The number of nitrogens with zero attached hydrogens (tertiary/aromatic N) is 4. The fourth-order valence-corrected chi connectivity index (χ4v) is 3.54. The van der Waals surface area contributed by atoms with Crippen LogP contribution in [0.2, 0.25) is 0 Å². The van der Waals surface area contributed by atoms with Gasteiger partial charge in [-0.2, -0.15) is 5.26 Å². The van der Waals surface area contributed by atoms with Crippen LogP contribution >= 0.6 is 0 Å². The number of benzene rings is 1. The summed E-state index contributed by atoms with van der Waals surface area (Å²) >= 11 is 0. The molecule has 1 atom stereocenters. The first kappa shape index (κ1) is 19.2. The molecule has 1 aliphatic heterocycles. The van der Waals surface area contributed by atoms with Crippen LogP contribution in [-0.2, 0) is 6.54 Å². The fraction of sp³-hybridized carbons (Fsp3) is 0.429. The van der Waals surface area contributed by atoms with Crippen molar-refractivity contribution in [3.05, 3.63) is 53.7 Å². The van der Waals surface area contributed by atoms with Gasteiger partial charge < -0.3 is 14.7 Å². The Morgan fingerprint density at radius 2 is 2.07 bits per heavy atom. The largest absolute Gasteiger partial charge is 0.494 e. The number of anilines is 1. The minimum absolute atomic E-state index is 0.147. The Morgan fingerprint density at radius 3 is 2.85 bits per heavy atom. The molecule has 0 amide bonds. The van der Waals surface area contributed by atoms with Gasteiger partial charge in [-0.25, -0.2) is 4.98 Å². The molecule has 27 heavy (non-hydrogen) atoms. The van der Waals surface area contributed by atoms with E-state index in [1.807, 2.05) is 37.3 Å². The third-order valence-corrected chi connectivity index (χ3v) is 4.89. The first-order valence-electron chi connectivity index (χ1n) is 9.43. The summed E-state index contributed by atoms with van der Waals surface area (Å²) in [5, 5.41) is 18.6. The lowest BCUT2D eigenvalue weighted by molar-refractivity contribution is 0.134. The summed E-state index contributed by atoms with van der Waals surface area (Å²) in [5.74, 6) is 1.75. The summed E-state index contributed by atoms with van der Waals surface area (Å²) in [4.78, 5) is 9.02. The molecule has 6 nitrogen and oxygen atoms in total. The lowest BCUT2D eigenvalue weighted by Crippen LogP contribution is -2.53. The van der Waals surface area contributed by atoms with Crippen LogP contribution in [0.5, 0.6) is 5.75 Å². The molecule has 0 spiro atoms. The molecule has 0 aliphatic carbocycles. The zero-order valence-corrected chi connectivity index (χ0v) is 15.7. The number of hydrogen-bond donors (Lipinski definition) is 1. The highest BCUT2D eigenvalue weighted by Gasteiger charge is 2.28. The molecular weight excluding hydrogens is 340 g/mol. The highest BCUT2D eigenvalue weighted by molar-refractivity contribution is 5.42. The number of ether oxygens (including phenoxy) is 1. The normalized spacial score (nSPS) is 17.5. The third kappa shape index (κ3) is 4.76. The molecule has 0 bridgehead atoms. The maximum Gasteiger partial charge on any atom is 0.142 e. The highest BCUT2D eigenvalue weighted by atomic mass is 16.5. The summed E-state index contributed by atoms with van der Waals surface area (Å²) < 4.78 is 5.76. The highest BCUT2D eigenvalue weighted by Crippen LogP contribution is 2.25. The SMILES string of the molecule is CCOc1ccccc1CN1CCN(c2cccc(C#N)n2)CC1CCO. The van der Waals surface area contributed by atoms with Crippen LogP contribution in [0.1, 0.15) is 24.6 Å². The standard InChI is InChI=1S/C21H26N4O2/c1-2-27-20-8-4-3-6-17(20)15-24-11-12-25(16-19(24)10-13-26)21-9-5-7-18(14-22)23-21/h3-9,19,26H,2,10-13,15-16H2,1H3. The van der Waals surface area contributed by atoms with Crippen LogP contribution in [0.25, 0.3) is 0 Å². The van der Waals surface area contributed by atoms with Crippen LogP contribution in [0.4, 0.5) is 5.82 Å². The first-order valence-corrected chi connectivity index (χ1v) is 9.43. The van der Waals surface area contributed by atoms with Crippen LogP contribution in [-0.4, -0.2) is 53.9 Å². The molecule has 0 radical (unpaired) electrons. The average Bonchev–Trinajstić information content (AvgIpc) is 2.71. The minimum Gasteiger partial charge on any atom is -0.494 e. The summed E-state index contributed by atoms with van der Waals surface area (Å²) in [7, 11) is 0. The van der Waals surface area contributed by atoms with E-state index in [2.05, 4.69) is 26.9 Å². The van der Waals surface area contributed by atoms with Crippen molar-refractivity contribution in [2.75, 3.05) is 37.7 Å². The molecule has 2 aromatic rings. The van der Waals surface area contributed by atoms with Crippen LogP contribution < -0.4 is 9.64 Å². The van der Waals surface area contributed by atoms with E-state index >= 15 is 0 Å². The molecule has 1 unspecified atom stereocenters. The van der Waals surface area contributed by atoms with E-state index in [0.717, 1.165) is 37.7 Å². The zero-order chi connectivity index (χ0) is 19.1. The number of hydrogen-bond acceptors (Lipinski definition) is 6. The molecule has 142 valence electrons. The second-order valence-corrected chi connectivity index (χ2v) is 6.62. The van der Waals surface area contributed by atoms with Gasteiger partial charge in [-0.1, -0.05) is 24.3 Å². The van der Waals surface area contributed by atoms with E-state index in [4.69, 9.17) is 10.00 Å². The number of nitriles is 1. The molecule has 6 heteroatoms. The van der Waals surface area contributed by atoms with Crippen molar-refractivity contribution in [1.82, 2.24) is 9.88 Å². The van der Waals surface area contributed by atoms with Crippen molar-refractivity contribution >= 4 is 5.82 Å². The molecule has 3 rings (SSSR count). The lowest BCUT2D eigenvalue weighted by Gasteiger charge is -2.42. The summed E-state index contributed by atoms with van der Waals surface area (Å²) in [6.07, 6.45) is 0.700. The smallest absolute Gasteiger partial charge is 0.142 e. The van der Waals surface area contributed by atoms with Crippen molar-refractivity contribution in [3.8, 4) is 11.8 Å². The molecule has 1 aliphatic rings. The number of para-hydroxylation sites is 1. The molecule has 1 fully saturated rings. The summed E-state index contributed by atoms with van der Waals surface area (Å²) in [5.41, 5.74) is 1.60. The van der Waals surface area contributed by atoms with Gasteiger partial charge in [-0.3, -0.25) is 4.90 Å². The molecule has 1 saturated heterocycles.